The number of benzene rings is 1. The van der Waals surface area contributed by atoms with E-state index in [2.05, 4.69) is 26.6 Å². The fourth-order valence-electron chi connectivity index (χ4n) is 2.55. The third kappa shape index (κ3) is 5.06. The lowest BCUT2D eigenvalue weighted by Crippen LogP contribution is -2.46. The number of hydrogen-bond acceptors (Lipinski definition) is 3. The highest BCUT2D eigenvalue weighted by atomic mass is 79.9. The third-order valence-electron chi connectivity index (χ3n) is 3.81. The maximum atomic E-state index is 12.2. The smallest absolute Gasteiger partial charge is 0.243 e. The van der Waals surface area contributed by atoms with E-state index >= 15 is 0 Å². The van der Waals surface area contributed by atoms with Crippen LogP contribution >= 0.6 is 15.9 Å². The van der Waals surface area contributed by atoms with Crippen LogP contribution in [0.2, 0.25) is 0 Å². The standard InChI is InChI=1S/C16H20BrN3O3/c1-11(21)20-8-4-5-12(10-20)16(23)18-9-15(22)19-14-7-3-2-6-13(14)17/h2-3,6-7,12H,4-5,8-10H2,1H3,(H,18,23)(H,19,22)/t12-/m0/s1. The largest absolute Gasteiger partial charge is 0.347 e. The summed E-state index contributed by atoms with van der Waals surface area (Å²) >= 11 is 3.35. The molecule has 0 spiro atoms. The monoisotopic (exact) mass is 381 g/mol. The van der Waals surface area contributed by atoms with Gasteiger partial charge in [-0.2, -0.15) is 0 Å². The number of hydrogen-bond donors (Lipinski definition) is 2. The summed E-state index contributed by atoms with van der Waals surface area (Å²) < 4.78 is 0.782. The molecule has 2 N–H and O–H groups in total. The quantitative estimate of drug-likeness (QED) is 0.833. The molecule has 1 heterocycles. The molecule has 1 atom stereocenters. The second-order valence-corrected chi connectivity index (χ2v) is 6.40. The van der Waals surface area contributed by atoms with Crippen molar-refractivity contribution < 1.29 is 14.4 Å². The van der Waals surface area contributed by atoms with E-state index in [1.807, 2.05) is 18.2 Å². The first kappa shape index (κ1) is 17.5. The van der Waals surface area contributed by atoms with Crippen molar-refractivity contribution in [3.63, 3.8) is 0 Å². The van der Waals surface area contributed by atoms with Gasteiger partial charge in [-0.1, -0.05) is 12.1 Å². The minimum Gasteiger partial charge on any atom is -0.347 e. The number of nitrogens with one attached hydrogen (secondary N) is 2. The summed E-state index contributed by atoms with van der Waals surface area (Å²) in [5.41, 5.74) is 0.659. The van der Waals surface area contributed by atoms with Gasteiger partial charge < -0.3 is 15.5 Å². The molecule has 2 rings (SSSR count). The lowest BCUT2D eigenvalue weighted by atomic mass is 9.97. The Balaban J connectivity index is 1.81. The molecule has 0 aliphatic carbocycles. The predicted octanol–water partition coefficient (Wildman–Crippen LogP) is 1.76. The van der Waals surface area contributed by atoms with Crippen LogP contribution in [0.5, 0.6) is 0 Å². The molecule has 1 aromatic carbocycles. The topological polar surface area (TPSA) is 78.5 Å². The van der Waals surface area contributed by atoms with Gasteiger partial charge in [-0.25, -0.2) is 0 Å². The van der Waals surface area contributed by atoms with Gasteiger partial charge in [0.05, 0.1) is 18.2 Å². The fourth-order valence-corrected chi connectivity index (χ4v) is 2.93. The summed E-state index contributed by atoms with van der Waals surface area (Å²) in [5, 5.41) is 5.38. The number of amides is 3. The van der Waals surface area contributed by atoms with Crippen molar-refractivity contribution in [3.8, 4) is 0 Å². The Hall–Kier alpha value is -1.89. The van der Waals surface area contributed by atoms with Gasteiger partial charge in [0, 0.05) is 24.5 Å². The van der Waals surface area contributed by atoms with Crippen molar-refractivity contribution in [1.82, 2.24) is 10.2 Å². The number of carbonyl (C=O) groups is 3. The fraction of sp³-hybridized carbons (Fsp3) is 0.438. The third-order valence-corrected chi connectivity index (χ3v) is 4.50. The van der Waals surface area contributed by atoms with Crippen LogP contribution in [0.4, 0.5) is 5.69 Å². The van der Waals surface area contributed by atoms with Gasteiger partial charge in [-0.05, 0) is 40.9 Å². The van der Waals surface area contributed by atoms with Crippen LogP contribution in [-0.4, -0.2) is 42.3 Å². The average molecular weight is 382 g/mol. The highest BCUT2D eigenvalue weighted by Gasteiger charge is 2.27. The van der Waals surface area contributed by atoms with E-state index in [0.717, 1.165) is 17.3 Å². The number of carbonyl (C=O) groups excluding carboxylic acids is 3. The van der Waals surface area contributed by atoms with Crippen LogP contribution < -0.4 is 10.6 Å². The SMILES string of the molecule is CC(=O)N1CCC[C@H](C(=O)NCC(=O)Nc2ccccc2Br)C1. The predicted molar refractivity (Wildman–Crippen MR) is 90.8 cm³/mol. The van der Waals surface area contributed by atoms with Crippen molar-refractivity contribution in [3.05, 3.63) is 28.7 Å². The van der Waals surface area contributed by atoms with Crippen molar-refractivity contribution in [2.45, 2.75) is 19.8 Å². The summed E-state index contributed by atoms with van der Waals surface area (Å²) in [6.07, 6.45) is 1.54. The number of nitrogens with zero attached hydrogens (tertiary/aromatic N) is 1. The van der Waals surface area contributed by atoms with E-state index in [-0.39, 0.29) is 30.2 Å². The highest BCUT2D eigenvalue weighted by molar-refractivity contribution is 9.10. The number of piperidine rings is 1. The molecule has 6 nitrogen and oxygen atoms in total. The Bertz CT molecular complexity index is 606. The van der Waals surface area contributed by atoms with Gasteiger partial charge in [-0.15, -0.1) is 0 Å². The lowest BCUT2D eigenvalue weighted by molar-refractivity contribution is -0.134. The molecule has 124 valence electrons. The van der Waals surface area contributed by atoms with Crippen LogP contribution in [0.3, 0.4) is 0 Å². The molecule has 1 aliphatic heterocycles. The van der Waals surface area contributed by atoms with Crippen LogP contribution in [0, 0.1) is 5.92 Å². The molecule has 0 radical (unpaired) electrons. The van der Waals surface area contributed by atoms with Gasteiger partial charge in [0.25, 0.3) is 0 Å². The first-order valence-electron chi connectivity index (χ1n) is 7.55. The van der Waals surface area contributed by atoms with Crippen LogP contribution in [0.1, 0.15) is 19.8 Å². The number of rotatable bonds is 4. The summed E-state index contributed by atoms with van der Waals surface area (Å²) in [5.74, 6) is -0.735. The summed E-state index contributed by atoms with van der Waals surface area (Å²) in [6.45, 7) is 2.54. The van der Waals surface area contributed by atoms with Crippen molar-refractivity contribution in [2.75, 3.05) is 25.0 Å². The normalized spacial score (nSPS) is 17.5. The first-order valence-corrected chi connectivity index (χ1v) is 8.34. The molecule has 0 unspecified atom stereocenters. The second-order valence-electron chi connectivity index (χ2n) is 5.55. The number of anilines is 1. The Kier molecular flexibility index (Phi) is 6.15. The van der Waals surface area contributed by atoms with Gasteiger partial charge in [-0.3, -0.25) is 14.4 Å². The van der Waals surface area contributed by atoms with Gasteiger partial charge in [0.1, 0.15) is 0 Å². The molecule has 23 heavy (non-hydrogen) atoms. The average Bonchev–Trinajstić information content (AvgIpc) is 2.55. The molecule has 1 aliphatic rings. The van der Waals surface area contributed by atoms with E-state index in [4.69, 9.17) is 0 Å². The molecule has 1 fully saturated rings. The molecule has 7 heteroatoms. The molecular weight excluding hydrogens is 362 g/mol. The zero-order valence-corrected chi connectivity index (χ0v) is 14.6. The molecule has 0 aromatic heterocycles. The van der Waals surface area contributed by atoms with E-state index < -0.39 is 0 Å². The second kappa shape index (κ2) is 8.10. The van der Waals surface area contributed by atoms with Crippen molar-refractivity contribution in [1.29, 1.82) is 0 Å². The maximum Gasteiger partial charge on any atom is 0.243 e. The first-order chi connectivity index (χ1) is 11.0. The Labute approximate surface area is 143 Å². The van der Waals surface area contributed by atoms with E-state index in [9.17, 15) is 14.4 Å². The van der Waals surface area contributed by atoms with Crippen LogP contribution in [0.25, 0.3) is 0 Å². The molecule has 0 saturated carbocycles. The van der Waals surface area contributed by atoms with Crippen LogP contribution in [0.15, 0.2) is 28.7 Å². The minimum atomic E-state index is -0.288. The summed E-state index contributed by atoms with van der Waals surface area (Å²) in [4.78, 5) is 37.1. The lowest BCUT2D eigenvalue weighted by Gasteiger charge is -2.31. The van der Waals surface area contributed by atoms with Gasteiger partial charge in [0.15, 0.2) is 0 Å². The Morgan fingerprint density at radius 3 is 2.74 bits per heavy atom. The summed E-state index contributed by atoms with van der Waals surface area (Å²) in [7, 11) is 0. The van der Waals surface area contributed by atoms with E-state index in [1.54, 1.807) is 11.0 Å². The van der Waals surface area contributed by atoms with Crippen LogP contribution in [-0.2, 0) is 14.4 Å². The Morgan fingerprint density at radius 2 is 2.04 bits per heavy atom. The number of likely N-dealkylation sites (tertiary alicyclic amines) is 1. The molecular formula is C16H20BrN3O3. The van der Waals surface area contributed by atoms with Crippen molar-refractivity contribution >= 4 is 39.3 Å². The van der Waals surface area contributed by atoms with Crippen molar-refractivity contribution in [2.24, 2.45) is 5.92 Å². The number of para-hydroxylation sites is 1. The molecule has 1 aromatic rings. The summed E-state index contributed by atoms with van der Waals surface area (Å²) in [6, 6.07) is 7.27. The zero-order valence-electron chi connectivity index (χ0n) is 13.0. The number of halogens is 1. The Morgan fingerprint density at radius 1 is 1.30 bits per heavy atom. The van der Waals surface area contributed by atoms with Gasteiger partial charge >= 0.3 is 0 Å². The molecule has 3 amide bonds. The zero-order chi connectivity index (χ0) is 16.8. The molecule has 0 bridgehead atoms. The molecule has 1 saturated heterocycles. The van der Waals surface area contributed by atoms with E-state index in [1.165, 1.54) is 6.92 Å². The minimum absolute atomic E-state index is 0.0193. The van der Waals surface area contributed by atoms with Gasteiger partial charge in [0.2, 0.25) is 17.7 Å². The maximum absolute atomic E-state index is 12.2. The van der Waals surface area contributed by atoms with E-state index in [0.29, 0.717) is 18.8 Å². The highest BCUT2D eigenvalue weighted by Crippen LogP contribution is 2.21.